The zero-order valence-corrected chi connectivity index (χ0v) is 7.94. The Bertz CT molecular complexity index is 363. The van der Waals surface area contributed by atoms with Gasteiger partial charge in [-0.15, -0.1) is 0 Å². The molecule has 0 aromatic heterocycles. The second-order valence-corrected chi connectivity index (χ2v) is 3.67. The first kappa shape index (κ1) is 12.6. The number of benzene rings is 1. The van der Waals surface area contributed by atoms with Gasteiger partial charge in [0.25, 0.3) is 0 Å². The molecule has 1 aromatic carbocycles. The number of carbonyl (C=O) groups is 1. The molecule has 0 atom stereocenters. The Morgan fingerprint density at radius 2 is 1.71 bits per heavy atom. The summed E-state index contributed by atoms with van der Waals surface area (Å²) in [5.74, 6) is 0. The lowest BCUT2D eigenvalue weighted by Gasteiger charge is -1.93. The predicted molar refractivity (Wildman–Crippen MR) is 48.8 cm³/mol. The van der Waals surface area contributed by atoms with Crippen LogP contribution < -0.4 is 10.6 Å². The number of amides is 1. The van der Waals surface area contributed by atoms with Crippen molar-refractivity contribution >= 4 is 16.4 Å². The monoisotopic (exact) mass is 218 g/mol. The highest BCUT2D eigenvalue weighted by Gasteiger charge is 2.03. The molecule has 0 radical (unpaired) electrons. The summed E-state index contributed by atoms with van der Waals surface area (Å²) in [6.45, 7) is 0. The van der Waals surface area contributed by atoms with Gasteiger partial charge in [-0.25, -0.2) is 19.0 Å². The van der Waals surface area contributed by atoms with Crippen LogP contribution in [-0.4, -0.2) is 20.0 Å². The minimum atomic E-state index is -3.50. The lowest BCUT2D eigenvalue weighted by molar-refractivity contribution is -0.116. The molecule has 0 aliphatic rings. The van der Waals surface area contributed by atoms with E-state index in [4.69, 9.17) is 15.1 Å². The van der Waals surface area contributed by atoms with Crippen LogP contribution in [0.2, 0.25) is 0 Å². The Kier molecular flexibility index (Phi) is 5.46. The van der Waals surface area contributed by atoms with Crippen molar-refractivity contribution in [1.82, 2.24) is 5.48 Å². The van der Waals surface area contributed by atoms with Gasteiger partial charge in [-0.1, -0.05) is 18.2 Å². The third-order valence-corrected chi connectivity index (χ3v) is 2.05. The number of nitrogens with two attached hydrogens (primary N) is 1. The number of hydrogen-bond acceptors (Lipinski definition) is 4. The van der Waals surface area contributed by atoms with E-state index in [1.165, 1.54) is 17.6 Å². The molecule has 0 spiro atoms. The largest absolute Gasteiger partial charge is 0.289 e. The average molecular weight is 218 g/mol. The van der Waals surface area contributed by atoms with E-state index < -0.39 is 10.0 Å². The van der Waals surface area contributed by atoms with Gasteiger partial charge in [0.05, 0.1) is 4.90 Å². The first-order chi connectivity index (χ1) is 6.52. The molecule has 0 fully saturated rings. The lowest BCUT2D eigenvalue weighted by Crippen LogP contribution is -2.11. The lowest BCUT2D eigenvalue weighted by atomic mass is 10.4. The molecular weight excluding hydrogens is 208 g/mol. The van der Waals surface area contributed by atoms with E-state index in [1.807, 2.05) is 0 Å². The van der Waals surface area contributed by atoms with Crippen LogP contribution in [0.1, 0.15) is 0 Å². The number of primary sulfonamides is 1. The summed E-state index contributed by atoms with van der Waals surface area (Å²) in [6, 6.07) is 7.89. The molecular formula is C7H10N2O4S. The fourth-order valence-corrected chi connectivity index (χ4v) is 1.15. The average Bonchev–Trinajstić information content (AvgIpc) is 2.18. The molecule has 0 heterocycles. The van der Waals surface area contributed by atoms with Gasteiger partial charge in [0.1, 0.15) is 0 Å². The third kappa shape index (κ3) is 5.25. The number of hydroxylamine groups is 1. The maximum absolute atomic E-state index is 10.6. The molecule has 1 aromatic rings. The van der Waals surface area contributed by atoms with Gasteiger partial charge in [0, 0.05) is 0 Å². The standard InChI is InChI=1S/C6H7NO2S.CH3NO2/c7-10(8,9)6-4-2-1-3-5-6;3-1-2-4/h1-5H,(H2,7,8,9);1,4H,(H,2,3). The molecule has 14 heavy (non-hydrogen) atoms. The minimum Gasteiger partial charge on any atom is -0.289 e. The van der Waals surface area contributed by atoms with Crippen molar-refractivity contribution in [2.24, 2.45) is 5.14 Å². The Morgan fingerprint density at radius 1 is 1.29 bits per heavy atom. The van der Waals surface area contributed by atoms with E-state index in [2.05, 4.69) is 0 Å². The molecule has 0 saturated heterocycles. The van der Waals surface area contributed by atoms with Crippen molar-refractivity contribution in [3.8, 4) is 0 Å². The Balaban J connectivity index is 0.000000364. The number of carbonyl (C=O) groups excluding carboxylic acids is 1. The fourth-order valence-electron chi connectivity index (χ4n) is 0.610. The van der Waals surface area contributed by atoms with E-state index >= 15 is 0 Å². The van der Waals surface area contributed by atoms with Crippen LogP contribution in [0, 0.1) is 0 Å². The second-order valence-electron chi connectivity index (χ2n) is 2.11. The van der Waals surface area contributed by atoms with Crippen LogP contribution in [0.15, 0.2) is 35.2 Å². The number of hydrogen-bond donors (Lipinski definition) is 3. The normalized spacial score (nSPS) is 9.57. The van der Waals surface area contributed by atoms with Crippen molar-refractivity contribution in [2.75, 3.05) is 0 Å². The summed E-state index contributed by atoms with van der Waals surface area (Å²) in [6.07, 6.45) is 0.181. The molecule has 4 N–H and O–H groups in total. The van der Waals surface area contributed by atoms with E-state index in [9.17, 15) is 8.42 Å². The fraction of sp³-hybridized carbons (Fsp3) is 0. The van der Waals surface area contributed by atoms with E-state index in [0.29, 0.717) is 0 Å². The molecule has 0 saturated carbocycles. The van der Waals surface area contributed by atoms with Gasteiger partial charge in [-0.05, 0) is 12.1 Å². The molecule has 0 aliphatic carbocycles. The van der Waals surface area contributed by atoms with Gasteiger partial charge < -0.3 is 0 Å². The molecule has 6 nitrogen and oxygen atoms in total. The summed E-state index contributed by atoms with van der Waals surface area (Å²) in [7, 11) is -3.50. The number of sulfonamides is 1. The number of rotatable bonds is 2. The zero-order chi connectivity index (χ0) is 11.0. The summed E-state index contributed by atoms with van der Waals surface area (Å²) < 4.78 is 21.2. The Hall–Kier alpha value is -1.44. The first-order valence-electron chi connectivity index (χ1n) is 3.43. The van der Waals surface area contributed by atoms with E-state index in [0.717, 1.165) is 0 Å². The first-order valence-corrected chi connectivity index (χ1v) is 4.98. The molecule has 0 bridgehead atoms. The van der Waals surface area contributed by atoms with Crippen LogP contribution in [0.25, 0.3) is 0 Å². The quantitative estimate of drug-likeness (QED) is 0.351. The molecule has 78 valence electrons. The Morgan fingerprint density at radius 3 is 1.93 bits per heavy atom. The van der Waals surface area contributed by atoms with Crippen molar-refractivity contribution in [1.29, 1.82) is 0 Å². The molecule has 7 heteroatoms. The Labute approximate surface area is 81.4 Å². The smallest absolute Gasteiger partial charge is 0.238 e. The van der Waals surface area contributed by atoms with Gasteiger partial charge in [0.2, 0.25) is 16.4 Å². The van der Waals surface area contributed by atoms with Gasteiger partial charge in [-0.3, -0.25) is 10.0 Å². The SMILES string of the molecule is NS(=O)(=O)c1ccccc1.O=CNO. The van der Waals surface area contributed by atoms with Crippen molar-refractivity contribution in [2.45, 2.75) is 4.90 Å². The predicted octanol–water partition coefficient (Wildman–Crippen LogP) is -0.544. The third-order valence-electron chi connectivity index (χ3n) is 1.12. The summed E-state index contributed by atoms with van der Waals surface area (Å²) in [4.78, 5) is 8.96. The van der Waals surface area contributed by atoms with Crippen LogP contribution in [0.4, 0.5) is 0 Å². The highest BCUT2D eigenvalue weighted by molar-refractivity contribution is 7.89. The summed E-state index contributed by atoms with van der Waals surface area (Å²) >= 11 is 0. The summed E-state index contributed by atoms with van der Waals surface area (Å²) in [5, 5.41) is 12.1. The van der Waals surface area contributed by atoms with Crippen molar-refractivity contribution in [3.63, 3.8) is 0 Å². The molecule has 1 amide bonds. The molecule has 0 unspecified atom stereocenters. The van der Waals surface area contributed by atoms with E-state index in [1.54, 1.807) is 18.2 Å². The molecule has 0 aliphatic heterocycles. The second kappa shape index (κ2) is 6.08. The van der Waals surface area contributed by atoms with Crippen LogP contribution in [0.3, 0.4) is 0 Å². The number of nitrogens with one attached hydrogen (secondary N) is 1. The maximum atomic E-state index is 10.6. The van der Waals surface area contributed by atoms with Gasteiger partial charge >= 0.3 is 0 Å². The van der Waals surface area contributed by atoms with Crippen molar-refractivity contribution in [3.05, 3.63) is 30.3 Å². The highest BCUT2D eigenvalue weighted by Crippen LogP contribution is 2.02. The summed E-state index contributed by atoms with van der Waals surface area (Å²) in [5.41, 5.74) is 1.25. The highest BCUT2D eigenvalue weighted by atomic mass is 32.2. The maximum Gasteiger partial charge on any atom is 0.238 e. The van der Waals surface area contributed by atoms with E-state index in [-0.39, 0.29) is 11.3 Å². The van der Waals surface area contributed by atoms with Crippen LogP contribution in [0.5, 0.6) is 0 Å². The zero-order valence-electron chi connectivity index (χ0n) is 7.12. The van der Waals surface area contributed by atoms with Gasteiger partial charge in [-0.2, -0.15) is 0 Å². The van der Waals surface area contributed by atoms with Gasteiger partial charge in [0.15, 0.2) is 0 Å². The van der Waals surface area contributed by atoms with Crippen LogP contribution >= 0.6 is 0 Å². The van der Waals surface area contributed by atoms with Crippen LogP contribution in [-0.2, 0) is 14.8 Å². The topological polar surface area (TPSA) is 109 Å². The molecule has 1 rings (SSSR count). The minimum absolute atomic E-state index is 0.148. The van der Waals surface area contributed by atoms with Crippen molar-refractivity contribution < 1.29 is 18.4 Å².